The summed E-state index contributed by atoms with van der Waals surface area (Å²) in [6, 6.07) is 0. The van der Waals surface area contributed by atoms with Gasteiger partial charge in [-0.25, -0.2) is 9.97 Å². The van der Waals surface area contributed by atoms with E-state index in [1.165, 1.54) is 9.36 Å². The van der Waals surface area contributed by atoms with Gasteiger partial charge in [0, 0.05) is 37.2 Å². The number of hydrogen-bond acceptors (Lipinski definition) is 18. The Hall–Kier alpha value is -4.85. The summed E-state index contributed by atoms with van der Waals surface area (Å²) in [5.41, 5.74) is 14.5. The molecule has 0 atom stereocenters. The van der Waals surface area contributed by atoms with E-state index in [0.717, 1.165) is 23.1 Å². The Labute approximate surface area is 228 Å². The van der Waals surface area contributed by atoms with Crippen molar-refractivity contribution >= 4 is 62.3 Å². The van der Waals surface area contributed by atoms with Crippen molar-refractivity contribution in [2.24, 2.45) is 20.5 Å². The van der Waals surface area contributed by atoms with Crippen LogP contribution in [0.4, 0.5) is 39.2 Å². The minimum atomic E-state index is 0.123. The van der Waals surface area contributed by atoms with Crippen molar-refractivity contribution in [3.8, 4) is 11.9 Å². The quantitative estimate of drug-likeness (QED) is 0.270. The van der Waals surface area contributed by atoms with E-state index in [9.17, 15) is 0 Å². The van der Waals surface area contributed by atoms with Crippen molar-refractivity contribution in [2.75, 3.05) is 30.5 Å². The molecule has 0 aromatic carbocycles. The molecule has 0 saturated carbocycles. The van der Waals surface area contributed by atoms with Gasteiger partial charge < -0.3 is 16.4 Å². The summed E-state index contributed by atoms with van der Waals surface area (Å²) in [5, 5.41) is 26.4. The summed E-state index contributed by atoms with van der Waals surface area (Å²) in [5.74, 6) is 2.12. The second kappa shape index (κ2) is 10.1. The predicted molar refractivity (Wildman–Crippen MR) is 144 cm³/mol. The smallest absolute Gasteiger partial charge is 0.259 e. The number of nitrogens with zero attached hydrogens (tertiary/aromatic N) is 16. The van der Waals surface area contributed by atoms with Gasteiger partial charge in [0.05, 0.1) is 11.4 Å². The van der Waals surface area contributed by atoms with Crippen LogP contribution in [-0.4, -0.2) is 67.3 Å². The number of aromatic nitrogens is 11. The molecule has 0 amide bonds. The van der Waals surface area contributed by atoms with Crippen LogP contribution in [0.5, 0.6) is 0 Å². The number of anilines is 3. The second-order valence-electron chi connectivity index (χ2n) is 8.24. The molecule has 5 heterocycles. The Balaban J connectivity index is 1.55. The molecule has 5 rings (SSSR count). The molecular weight excluding hydrogens is 544 g/mol. The minimum absolute atomic E-state index is 0.123. The summed E-state index contributed by atoms with van der Waals surface area (Å²) in [4.78, 5) is 23.6. The van der Waals surface area contributed by atoms with Gasteiger partial charge in [0.25, 0.3) is 11.9 Å². The molecule has 0 aliphatic carbocycles. The fourth-order valence-electron chi connectivity index (χ4n) is 3.20. The Morgan fingerprint density at radius 2 is 1.08 bits per heavy atom. The van der Waals surface area contributed by atoms with Crippen LogP contribution in [-0.2, 0) is 0 Å². The van der Waals surface area contributed by atoms with Crippen LogP contribution < -0.4 is 16.4 Å². The van der Waals surface area contributed by atoms with Crippen molar-refractivity contribution in [3.63, 3.8) is 0 Å². The molecule has 18 nitrogen and oxygen atoms in total. The predicted octanol–water partition coefficient (Wildman–Crippen LogP) is 3.24. The van der Waals surface area contributed by atoms with Crippen LogP contribution in [0.25, 0.3) is 11.9 Å². The molecule has 0 radical (unpaired) electrons. The lowest BCUT2D eigenvalue weighted by molar-refractivity contribution is 0.739. The fraction of sp³-hybridized carbons (Fsp3) is 0.316. The molecule has 200 valence electrons. The van der Waals surface area contributed by atoms with Crippen LogP contribution >= 0.6 is 23.1 Å². The highest BCUT2D eigenvalue weighted by Crippen LogP contribution is 2.32. The van der Waals surface area contributed by atoms with Crippen molar-refractivity contribution < 1.29 is 0 Å². The molecule has 0 unspecified atom stereocenters. The average molecular weight is 567 g/mol. The SMILES string of the molecule is Cc1nsc(N=Nc2c(C)nn(-c3nc(N(C)C)nc(-n4nc(C)c(N=Nc5nc(C)ns5)c4N)n3)c2N)n1. The van der Waals surface area contributed by atoms with E-state index >= 15 is 0 Å². The van der Waals surface area contributed by atoms with E-state index in [1.807, 2.05) is 0 Å². The third-order valence-corrected chi connectivity index (χ3v) is 6.39. The van der Waals surface area contributed by atoms with Crippen molar-refractivity contribution in [1.82, 2.24) is 53.2 Å². The zero-order valence-electron chi connectivity index (χ0n) is 21.6. The van der Waals surface area contributed by atoms with Gasteiger partial charge in [0.2, 0.25) is 16.2 Å². The zero-order valence-corrected chi connectivity index (χ0v) is 23.3. The molecule has 0 aliphatic rings. The van der Waals surface area contributed by atoms with Gasteiger partial charge in [-0.2, -0.15) is 43.3 Å². The van der Waals surface area contributed by atoms with Gasteiger partial charge >= 0.3 is 0 Å². The van der Waals surface area contributed by atoms with E-state index in [4.69, 9.17) is 11.5 Å². The average Bonchev–Trinajstić information content (AvgIpc) is 3.64. The summed E-state index contributed by atoms with van der Waals surface area (Å²) >= 11 is 2.25. The van der Waals surface area contributed by atoms with Gasteiger partial charge in [0.1, 0.15) is 11.6 Å². The largest absolute Gasteiger partial charge is 0.382 e. The molecule has 0 saturated heterocycles. The minimum Gasteiger partial charge on any atom is -0.382 e. The number of azo groups is 2. The normalized spacial score (nSPS) is 11.8. The monoisotopic (exact) mass is 566 g/mol. The number of rotatable bonds is 7. The summed E-state index contributed by atoms with van der Waals surface area (Å²) < 4.78 is 10.9. The summed E-state index contributed by atoms with van der Waals surface area (Å²) in [6.07, 6.45) is 0. The van der Waals surface area contributed by atoms with Crippen LogP contribution in [0, 0.1) is 27.7 Å². The molecule has 39 heavy (non-hydrogen) atoms. The van der Waals surface area contributed by atoms with E-state index in [-0.39, 0.29) is 23.5 Å². The second-order valence-corrected chi connectivity index (χ2v) is 9.70. The Morgan fingerprint density at radius 3 is 1.44 bits per heavy atom. The molecule has 0 aliphatic heterocycles. The first-order chi connectivity index (χ1) is 18.6. The van der Waals surface area contributed by atoms with Crippen LogP contribution in [0.2, 0.25) is 0 Å². The van der Waals surface area contributed by atoms with Crippen molar-refractivity contribution in [2.45, 2.75) is 27.7 Å². The number of nitrogens with two attached hydrogens (primary N) is 2. The van der Waals surface area contributed by atoms with Crippen molar-refractivity contribution in [1.29, 1.82) is 0 Å². The molecule has 5 aromatic heterocycles. The van der Waals surface area contributed by atoms with Gasteiger partial charge in [-0.15, -0.1) is 20.5 Å². The van der Waals surface area contributed by atoms with Gasteiger partial charge in [-0.3, -0.25) is 0 Å². The Kier molecular flexibility index (Phi) is 6.70. The topological polar surface area (TPSA) is 231 Å². The van der Waals surface area contributed by atoms with E-state index < -0.39 is 0 Å². The maximum absolute atomic E-state index is 6.39. The maximum atomic E-state index is 6.39. The van der Waals surface area contributed by atoms with E-state index in [0.29, 0.717) is 50.6 Å². The highest BCUT2D eigenvalue weighted by atomic mass is 32.1. The zero-order chi connectivity index (χ0) is 27.8. The molecule has 4 N–H and O–H groups in total. The fourth-order valence-corrected chi connectivity index (χ4v) is 4.21. The highest BCUT2D eigenvalue weighted by Gasteiger charge is 2.22. The molecular formula is C19H22N18S2. The summed E-state index contributed by atoms with van der Waals surface area (Å²) in [6.45, 7) is 7.03. The molecule has 0 fully saturated rings. The van der Waals surface area contributed by atoms with Crippen LogP contribution in [0.1, 0.15) is 23.0 Å². The highest BCUT2D eigenvalue weighted by molar-refractivity contribution is 7.09. The van der Waals surface area contributed by atoms with Gasteiger partial charge in [0.15, 0.2) is 23.0 Å². The number of hydrogen-bond donors (Lipinski definition) is 2. The van der Waals surface area contributed by atoms with E-state index in [1.54, 1.807) is 46.7 Å². The Morgan fingerprint density at radius 1 is 0.641 bits per heavy atom. The van der Waals surface area contributed by atoms with E-state index in [2.05, 4.69) is 64.3 Å². The molecule has 0 bridgehead atoms. The molecule has 0 spiro atoms. The third-order valence-electron chi connectivity index (χ3n) is 5.01. The lowest BCUT2D eigenvalue weighted by atomic mass is 10.4. The maximum Gasteiger partial charge on any atom is 0.259 e. The first-order valence-corrected chi connectivity index (χ1v) is 12.7. The first-order valence-electron chi connectivity index (χ1n) is 11.2. The molecule has 5 aromatic rings. The molecule has 20 heteroatoms. The van der Waals surface area contributed by atoms with Gasteiger partial charge in [-0.05, 0) is 27.7 Å². The lowest BCUT2D eigenvalue weighted by Gasteiger charge is -2.13. The van der Waals surface area contributed by atoms with Crippen LogP contribution in [0.3, 0.4) is 0 Å². The first kappa shape index (κ1) is 25.8. The lowest BCUT2D eigenvalue weighted by Crippen LogP contribution is -2.19. The van der Waals surface area contributed by atoms with Crippen LogP contribution in [0.15, 0.2) is 20.5 Å². The number of nitrogen functional groups attached to an aromatic ring is 2. The van der Waals surface area contributed by atoms with Crippen molar-refractivity contribution in [3.05, 3.63) is 23.0 Å². The Bertz CT molecular complexity index is 1600. The third kappa shape index (κ3) is 5.13. The number of aryl methyl sites for hydroxylation is 4. The summed E-state index contributed by atoms with van der Waals surface area (Å²) in [7, 11) is 3.57. The standard InChI is InChI=1S/C19H22N18S2/c1-7-11(27-29-18-22-9(3)33-38-18)13(20)36(31-7)16-24-15(35(5)6)25-17(26-16)37-14(21)12(8(2)32-37)28-30-19-23-10(4)34-39-19/h20-21H2,1-6H3. The van der Waals surface area contributed by atoms with Gasteiger partial charge in [-0.1, -0.05) is 0 Å².